The Hall–Kier alpha value is -0.470. The summed E-state index contributed by atoms with van der Waals surface area (Å²) in [7, 11) is 2.13. The topological polar surface area (TPSA) is 12.0 Å². The SMILES string of the molecule is CNC(CSC1CCCC1)CC1Cc2ccccc21. The van der Waals surface area contributed by atoms with Crippen molar-refractivity contribution in [2.75, 3.05) is 12.8 Å². The van der Waals surface area contributed by atoms with E-state index in [4.69, 9.17) is 0 Å². The van der Waals surface area contributed by atoms with Crippen molar-refractivity contribution in [2.24, 2.45) is 0 Å². The summed E-state index contributed by atoms with van der Waals surface area (Å²) in [5.41, 5.74) is 3.18. The summed E-state index contributed by atoms with van der Waals surface area (Å²) in [6.07, 6.45) is 8.42. The molecule has 0 aromatic heterocycles. The molecule has 0 heterocycles. The van der Waals surface area contributed by atoms with Crippen molar-refractivity contribution < 1.29 is 0 Å². The van der Waals surface area contributed by atoms with Crippen LogP contribution in [-0.4, -0.2) is 24.1 Å². The first-order valence-electron chi connectivity index (χ1n) is 7.73. The predicted molar refractivity (Wildman–Crippen MR) is 85.1 cm³/mol. The second kappa shape index (κ2) is 6.32. The average Bonchev–Trinajstić information content (AvgIpc) is 2.92. The maximum absolute atomic E-state index is 3.54. The van der Waals surface area contributed by atoms with Crippen LogP contribution in [0.2, 0.25) is 0 Å². The van der Waals surface area contributed by atoms with Crippen LogP contribution in [0.5, 0.6) is 0 Å². The molecular weight excluding hydrogens is 250 g/mol. The van der Waals surface area contributed by atoms with Gasteiger partial charge in [-0.05, 0) is 49.8 Å². The fourth-order valence-electron chi connectivity index (χ4n) is 3.49. The summed E-state index contributed by atoms with van der Waals surface area (Å²) < 4.78 is 0. The number of rotatable bonds is 6. The third-order valence-electron chi connectivity index (χ3n) is 4.77. The van der Waals surface area contributed by atoms with Gasteiger partial charge in [0.05, 0.1) is 0 Å². The minimum atomic E-state index is 0.684. The molecule has 1 N–H and O–H groups in total. The van der Waals surface area contributed by atoms with Gasteiger partial charge in [-0.2, -0.15) is 11.8 Å². The van der Waals surface area contributed by atoms with Gasteiger partial charge in [-0.15, -0.1) is 0 Å². The molecule has 2 heteroatoms. The Morgan fingerprint density at radius 3 is 2.79 bits per heavy atom. The third kappa shape index (κ3) is 3.17. The van der Waals surface area contributed by atoms with Crippen LogP contribution >= 0.6 is 11.8 Å². The van der Waals surface area contributed by atoms with Crippen molar-refractivity contribution in [3.05, 3.63) is 35.4 Å². The van der Waals surface area contributed by atoms with E-state index in [-0.39, 0.29) is 0 Å². The lowest BCUT2D eigenvalue weighted by Gasteiger charge is -2.33. The molecule has 2 atom stereocenters. The van der Waals surface area contributed by atoms with Crippen LogP contribution in [0.15, 0.2) is 24.3 Å². The molecule has 1 aromatic carbocycles. The molecule has 2 aliphatic rings. The number of hydrogen-bond acceptors (Lipinski definition) is 2. The number of benzene rings is 1. The quantitative estimate of drug-likeness (QED) is 0.843. The highest BCUT2D eigenvalue weighted by atomic mass is 32.2. The molecule has 1 aromatic rings. The highest BCUT2D eigenvalue weighted by Gasteiger charge is 2.28. The van der Waals surface area contributed by atoms with E-state index in [1.807, 2.05) is 0 Å². The van der Waals surface area contributed by atoms with Gasteiger partial charge < -0.3 is 5.32 Å². The Morgan fingerprint density at radius 1 is 1.26 bits per heavy atom. The molecule has 1 saturated carbocycles. The monoisotopic (exact) mass is 275 g/mol. The second-order valence-electron chi connectivity index (χ2n) is 6.06. The van der Waals surface area contributed by atoms with E-state index in [0.29, 0.717) is 6.04 Å². The highest BCUT2D eigenvalue weighted by molar-refractivity contribution is 7.99. The van der Waals surface area contributed by atoms with E-state index in [0.717, 1.165) is 11.2 Å². The zero-order chi connectivity index (χ0) is 13.1. The van der Waals surface area contributed by atoms with E-state index >= 15 is 0 Å². The standard InChI is InChI=1S/C17H25NS/c1-18-15(12-19-16-7-3-4-8-16)11-14-10-13-6-2-5-9-17(13)14/h2,5-6,9,14-16,18H,3-4,7-8,10-12H2,1H3. The highest BCUT2D eigenvalue weighted by Crippen LogP contribution is 2.39. The molecule has 0 amide bonds. The summed E-state index contributed by atoms with van der Waals surface area (Å²) in [5, 5.41) is 4.48. The van der Waals surface area contributed by atoms with Crippen molar-refractivity contribution in [3.8, 4) is 0 Å². The molecule has 1 nitrogen and oxygen atoms in total. The fourth-order valence-corrected chi connectivity index (χ4v) is 4.97. The molecule has 0 spiro atoms. The van der Waals surface area contributed by atoms with Crippen molar-refractivity contribution in [1.29, 1.82) is 0 Å². The maximum Gasteiger partial charge on any atom is 0.0161 e. The Kier molecular flexibility index (Phi) is 4.49. The van der Waals surface area contributed by atoms with E-state index in [2.05, 4.69) is 48.4 Å². The molecule has 2 aliphatic carbocycles. The normalized spacial score (nSPS) is 23.9. The summed E-state index contributed by atoms with van der Waals surface area (Å²) in [6, 6.07) is 9.64. The Balaban J connectivity index is 1.48. The molecule has 104 valence electrons. The van der Waals surface area contributed by atoms with Gasteiger partial charge in [0, 0.05) is 17.0 Å². The largest absolute Gasteiger partial charge is 0.316 e. The molecular formula is C17H25NS. The van der Waals surface area contributed by atoms with Crippen molar-refractivity contribution >= 4 is 11.8 Å². The van der Waals surface area contributed by atoms with Crippen molar-refractivity contribution in [3.63, 3.8) is 0 Å². The number of thioether (sulfide) groups is 1. The van der Waals surface area contributed by atoms with E-state index < -0.39 is 0 Å². The molecule has 0 saturated heterocycles. The molecule has 0 radical (unpaired) electrons. The third-order valence-corrected chi connectivity index (χ3v) is 6.31. The van der Waals surface area contributed by atoms with Gasteiger partial charge in [0.2, 0.25) is 0 Å². The zero-order valence-electron chi connectivity index (χ0n) is 11.9. The summed E-state index contributed by atoms with van der Waals surface area (Å²) >= 11 is 2.21. The fraction of sp³-hybridized carbons (Fsp3) is 0.647. The number of hydrogen-bond donors (Lipinski definition) is 1. The van der Waals surface area contributed by atoms with Crippen LogP contribution in [0, 0.1) is 0 Å². The molecule has 0 bridgehead atoms. The van der Waals surface area contributed by atoms with Gasteiger partial charge in [0.25, 0.3) is 0 Å². The average molecular weight is 275 g/mol. The lowest BCUT2D eigenvalue weighted by molar-refractivity contribution is 0.468. The van der Waals surface area contributed by atoms with Crippen molar-refractivity contribution in [1.82, 2.24) is 5.32 Å². The lowest BCUT2D eigenvalue weighted by atomic mass is 9.74. The molecule has 2 unspecified atom stereocenters. The minimum Gasteiger partial charge on any atom is -0.316 e. The number of nitrogens with one attached hydrogen (secondary N) is 1. The first-order chi connectivity index (χ1) is 9.36. The van der Waals surface area contributed by atoms with E-state index in [1.54, 1.807) is 11.1 Å². The van der Waals surface area contributed by atoms with Crippen LogP contribution in [-0.2, 0) is 6.42 Å². The van der Waals surface area contributed by atoms with Gasteiger partial charge in [-0.25, -0.2) is 0 Å². The first-order valence-corrected chi connectivity index (χ1v) is 8.78. The van der Waals surface area contributed by atoms with E-state index in [9.17, 15) is 0 Å². The number of fused-ring (bicyclic) bond motifs is 1. The Labute approximate surface area is 121 Å². The maximum atomic E-state index is 3.54. The summed E-state index contributed by atoms with van der Waals surface area (Å²) in [4.78, 5) is 0. The smallest absolute Gasteiger partial charge is 0.0161 e. The van der Waals surface area contributed by atoms with Gasteiger partial charge >= 0.3 is 0 Å². The van der Waals surface area contributed by atoms with Crippen LogP contribution in [0.3, 0.4) is 0 Å². The summed E-state index contributed by atoms with van der Waals surface area (Å²) in [6.45, 7) is 0. The predicted octanol–water partition coefficient (Wildman–Crippen LogP) is 3.98. The van der Waals surface area contributed by atoms with Crippen LogP contribution in [0.1, 0.15) is 49.1 Å². The van der Waals surface area contributed by atoms with E-state index in [1.165, 1.54) is 44.3 Å². The van der Waals surface area contributed by atoms with Gasteiger partial charge in [0.15, 0.2) is 0 Å². The molecule has 0 aliphatic heterocycles. The molecule has 19 heavy (non-hydrogen) atoms. The lowest BCUT2D eigenvalue weighted by Crippen LogP contribution is -2.33. The zero-order valence-corrected chi connectivity index (χ0v) is 12.7. The van der Waals surface area contributed by atoms with Crippen LogP contribution in [0.4, 0.5) is 0 Å². The van der Waals surface area contributed by atoms with Crippen LogP contribution < -0.4 is 5.32 Å². The minimum absolute atomic E-state index is 0.684. The van der Waals surface area contributed by atoms with Gasteiger partial charge in [0.1, 0.15) is 0 Å². The second-order valence-corrected chi connectivity index (χ2v) is 7.39. The van der Waals surface area contributed by atoms with Gasteiger partial charge in [-0.1, -0.05) is 37.1 Å². The molecule has 3 rings (SSSR count). The molecule has 1 fully saturated rings. The Morgan fingerprint density at radius 2 is 2.05 bits per heavy atom. The van der Waals surface area contributed by atoms with Gasteiger partial charge in [-0.3, -0.25) is 0 Å². The van der Waals surface area contributed by atoms with Crippen molar-refractivity contribution in [2.45, 2.75) is 55.7 Å². The van der Waals surface area contributed by atoms with Crippen LogP contribution in [0.25, 0.3) is 0 Å². The Bertz CT molecular complexity index is 411. The summed E-state index contributed by atoms with van der Waals surface area (Å²) in [5.74, 6) is 2.10. The first kappa shape index (κ1) is 13.5.